The van der Waals surface area contributed by atoms with Crippen molar-refractivity contribution in [2.24, 2.45) is 0 Å². The Morgan fingerprint density at radius 3 is 2.70 bits per heavy atom. The number of ether oxygens (including phenoxy) is 1. The molecule has 23 heavy (non-hydrogen) atoms. The first-order chi connectivity index (χ1) is 10.9. The Kier molecular flexibility index (Phi) is 5.36. The van der Waals surface area contributed by atoms with Crippen molar-refractivity contribution in [1.82, 2.24) is 0 Å². The second-order valence-electron chi connectivity index (χ2n) is 4.33. The van der Waals surface area contributed by atoms with Crippen molar-refractivity contribution in [3.63, 3.8) is 0 Å². The van der Waals surface area contributed by atoms with Crippen LogP contribution in [-0.4, -0.2) is 17.4 Å². The number of carbonyl (C=O) groups excluding carboxylic acids is 1. The van der Waals surface area contributed by atoms with Gasteiger partial charge in [-0.1, -0.05) is 23.2 Å². The van der Waals surface area contributed by atoms with Gasteiger partial charge in [0.05, 0.1) is 16.0 Å². The number of nitro benzene ring substituents is 1. The van der Waals surface area contributed by atoms with E-state index in [4.69, 9.17) is 27.9 Å². The highest BCUT2D eigenvalue weighted by molar-refractivity contribution is 6.34. The molecule has 0 unspecified atom stereocenters. The fraction of sp³-hybridized carbons (Fsp3) is 0.0714. The highest BCUT2D eigenvalue weighted by Gasteiger charge is 2.17. The average Bonchev–Trinajstić information content (AvgIpc) is 2.49. The Hall–Kier alpha value is -2.38. The number of benzene rings is 2. The number of hydrogen-bond donors (Lipinski definition) is 1. The molecule has 6 nitrogen and oxygen atoms in total. The van der Waals surface area contributed by atoms with Gasteiger partial charge in [-0.25, -0.2) is 4.39 Å². The molecule has 0 heterocycles. The van der Waals surface area contributed by atoms with Crippen LogP contribution in [0.5, 0.6) is 5.75 Å². The summed E-state index contributed by atoms with van der Waals surface area (Å²) in [6, 6.07) is 7.29. The van der Waals surface area contributed by atoms with Crippen LogP contribution in [0.4, 0.5) is 15.8 Å². The molecular weight excluding hydrogens is 350 g/mol. The van der Waals surface area contributed by atoms with Crippen LogP contribution in [-0.2, 0) is 4.79 Å². The molecule has 1 amide bonds. The molecule has 0 saturated heterocycles. The van der Waals surface area contributed by atoms with Crippen LogP contribution in [0.25, 0.3) is 0 Å². The van der Waals surface area contributed by atoms with Gasteiger partial charge in [0, 0.05) is 11.1 Å². The summed E-state index contributed by atoms with van der Waals surface area (Å²) >= 11 is 11.7. The standard InChI is InChI=1S/C14H9Cl2FN2O4/c15-8-1-3-10(16)13(5-8)23-7-14(20)18-11-4-2-9(17)6-12(11)19(21)22/h1-6H,7H2,(H,18,20). The topological polar surface area (TPSA) is 81.5 Å². The van der Waals surface area contributed by atoms with Crippen LogP contribution in [0, 0.1) is 15.9 Å². The molecule has 0 saturated carbocycles. The van der Waals surface area contributed by atoms with Crippen LogP contribution in [0.15, 0.2) is 36.4 Å². The van der Waals surface area contributed by atoms with E-state index in [1.54, 1.807) is 6.07 Å². The van der Waals surface area contributed by atoms with Gasteiger partial charge in [-0.3, -0.25) is 14.9 Å². The van der Waals surface area contributed by atoms with Gasteiger partial charge in [0.25, 0.3) is 11.6 Å². The number of amides is 1. The molecule has 2 aromatic carbocycles. The number of hydrogen-bond acceptors (Lipinski definition) is 4. The van der Waals surface area contributed by atoms with Crippen LogP contribution < -0.4 is 10.1 Å². The van der Waals surface area contributed by atoms with Crippen LogP contribution in [0.2, 0.25) is 10.0 Å². The highest BCUT2D eigenvalue weighted by Crippen LogP contribution is 2.28. The van der Waals surface area contributed by atoms with Crippen LogP contribution >= 0.6 is 23.2 Å². The fourth-order valence-corrected chi connectivity index (χ4v) is 2.01. The van der Waals surface area contributed by atoms with Gasteiger partial charge in [-0.2, -0.15) is 0 Å². The molecule has 0 aliphatic rings. The number of nitrogens with zero attached hydrogens (tertiary/aromatic N) is 1. The number of carbonyl (C=O) groups is 1. The second-order valence-corrected chi connectivity index (χ2v) is 5.17. The van der Waals surface area contributed by atoms with Crippen molar-refractivity contribution in [2.75, 3.05) is 11.9 Å². The Morgan fingerprint density at radius 2 is 2.00 bits per heavy atom. The second kappa shape index (κ2) is 7.26. The van der Waals surface area contributed by atoms with Gasteiger partial charge < -0.3 is 10.1 Å². The molecule has 1 N–H and O–H groups in total. The first kappa shape index (κ1) is 17.0. The Balaban J connectivity index is 2.06. The number of anilines is 1. The van der Waals surface area contributed by atoms with Gasteiger partial charge in [0.2, 0.25) is 0 Å². The minimum Gasteiger partial charge on any atom is -0.482 e. The van der Waals surface area contributed by atoms with Crippen LogP contribution in [0.1, 0.15) is 0 Å². The highest BCUT2D eigenvalue weighted by atomic mass is 35.5. The maximum atomic E-state index is 13.0. The smallest absolute Gasteiger partial charge is 0.295 e. The van der Waals surface area contributed by atoms with E-state index >= 15 is 0 Å². The number of nitrogens with one attached hydrogen (secondary N) is 1. The predicted octanol–water partition coefficient (Wildman–Crippen LogP) is 4.06. The van der Waals surface area contributed by atoms with Crippen molar-refractivity contribution < 1.29 is 18.8 Å². The van der Waals surface area contributed by atoms with Crippen molar-refractivity contribution in [1.29, 1.82) is 0 Å². The lowest BCUT2D eigenvalue weighted by Gasteiger charge is -2.09. The predicted molar refractivity (Wildman–Crippen MR) is 83.6 cm³/mol. The monoisotopic (exact) mass is 358 g/mol. The van der Waals surface area contributed by atoms with Gasteiger partial charge in [0.1, 0.15) is 17.3 Å². The molecule has 0 atom stereocenters. The van der Waals surface area contributed by atoms with Gasteiger partial charge in [-0.05, 0) is 24.3 Å². The summed E-state index contributed by atoms with van der Waals surface area (Å²) in [5.74, 6) is -1.25. The summed E-state index contributed by atoms with van der Waals surface area (Å²) in [7, 11) is 0. The number of halogens is 3. The molecule has 0 bridgehead atoms. The summed E-state index contributed by atoms with van der Waals surface area (Å²) in [6.07, 6.45) is 0. The Morgan fingerprint density at radius 1 is 1.26 bits per heavy atom. The van der Waals surface area contributed by atoms with E-state index in [-0.39, 0.29) is 16.5 Å². The zero-order chi connectivity index (χ0) is 17.0. The first-order valence-corrected chi connectivity index (χ1v) is 6.94. The lowest BCUT2D eigenvalue weighted by atomic mass is 10.2. The van der Waals surface area contributed by atoms with Gasteiger partial charge in [0.15, 0.2) is 6.61 Å². The fourth-order valence-electron chi connectivity index (χ4n) is 1.68. The zero-order valence-electron chi connectivity index (χ0n) is 11.4. The third-order valence-corrected chi connectivity index (χ3v) is 3.23. The normalized spacial score (nSPS) is 10.2. The molecule has 120 valence electrons. The van der Waals surface area contributed by atoms with Crippen molar-refractivity contribution in [2.45, 2.75) is 0 Å². The minimum absolute atomic E-state index is 0.137. The quantitative estimate of drug-likeness (QED) is 0.645. The molecule has 0 spiro atoms. The van der Waals surface area contributed by atoms with Crippen molar-refractivity contribution in [3.05, 3.63) is 62.4 Å². The van der Waals surface area contributed by atoms with E-state index in [0.29, 0.717) is 11.1 Å². The molecule has 0 aromatic heterocycles. The van der Waals surface area contributed by atoms with Gasteiger partial charge >= 0.3 is 0 Å². The van der Waals surface area contributed by atoms with E-state index in [2.05, 4.69) is 5.32 Å². The summed E-state index contributed by atoms with van der Waals surface area (Å²) in [6.45, 7) is -0.450. The lowest BCUT2D eigenvalue weighted by molar-refractivity contribution is -0.384. The third kappa shape index (κ3) is 4.54. The molecule has 9 heteroatoms. The number of rotatable bonds is 5. The van der Waals surface area contributed by atoms with Crippen LogP contribution in [0.3, 0.4) is 0 Å². The number of nitro groups is 1. The van der Waals surface area contributed by atoms with Crippen molar-refractivity contribution in [3.8, 4) is 5.75 Å². The largest absolute Gasteiger partial charge is 0.482 e. The maximum Gasteiger partial charge on any atom is 0.295 e. The molecule has 0 aliphatic heterocycles. The summed E-state index contributed by atoms with van der Waals surface area (Å²) in [4.78, 5) is 21.9. The van der Waals surface area contributed by atoms with Crippen molar-refractivity contribution >= 4 is 40.5 Å². The van der Waals surface area contributed by atoms with E-state index in [1.807, 2.05) is 0 Å². The SMILES string of the molecule is O=C(COc1cc(Cl)ccc1Cl)Nc1ccc(F)cc1[N+](=O)[O-]. The molecule has 0 fully saturated rings. The first-order valence-electron chi connectivity index (χ1n) is 6.18. The summed E-state index contributed by atoms with van der Waals surface area (Å²) in [5.41, 5.74) is -0.693. The molecule has 0 radical (unpaired) electrons. The lowest BCUT2D eigenvalue weighted by Crippen LogP contribution is -2.20. The maximum absolute atomic E-state index is 13.0. The third-order valence-electron chi connectivity index (χ3n) is 2.68. The average molecular weight is 359 g/mol. The summed E-state index contributed by atoms with van der Waals surface area (Å²) in [5, 5.41) is 13.7. The Labute approximate surface area is 139 Å². The molecule has 0 aliphatic carbocycles. The van der Waals surface area contributed by atoms with Gasteiger partial charge in [-0.15, -0.1) is 0 Å². The minimum atomic E-state index is -0.798. The van der Waals surface area contributed by atoms with E-state index in [0.717, 1.165) is 12.1 Å². The zero-order valence-corrected chi connectivity index (χ0v) is 12.9. The van der Waals surface area contributed by atoms with E-state index < -0.39 is 28.9 Å². The molecule has 2 aromatic rings. The Bertz CT molecular complexity index is 770. The summed E-state index contributed by atoms with van der Waals surface area (Å²) < 4.78 is 18.2. The van der Waals surface area contributed by atoms with E-state index in [9.17, 15) is 19.3 Å². The molecular formula is C14H9Cl2FN2O4. The van der Waals surface area contributed by atoms with E-state index in [1.165, 1.54) is 12.1 Å². The molecule has 2 rings (SSSR count).